The first-order valence-corrected chi connectivity index (χ1v) is 12.8. The van der Waals surface area contributed by atoms with E-state index < -0.39 is 29.6 Å². The molecular formula is C28H29F4N5O2. The first-order valence-electron chi connectivity index (χ1n) is 12.8. The summed E-state index contributed by atoms with van der Waals surface area (Å²) >= 11 is 0. The number of hydrogen-bond donors (Lipinski definition) is 2. The topological polar surface area (TPSA) is 83.2 Å². The Balaban J connectivity index is 1.52. The van der Waals surface area contributed by atoms with E-state index in [4.69, 9.17) is 10.1 Å². The van der Waals surface area contributed by atoms with Gasteiger partial charge in [0.05, 0.1) is 19.0 Å². The fraction of sp³-hybridized carbons (Fsp3) is 0.393. The number of carbonyl (C=O) groups excluding carboxylic acids is 1. The van der Waals surface area contributed by atoms with Crippen molar-refractivity contribution in [2.24, 2.45) is 13.0 Å². The maximum atomic E-state index is 14.0. The Morgan fingerprint density at radius 1 is 1.23 bits per heavy atom. The standard InChI is InChI=1S/C28H29F4N5O2/c1-36-15-21(26(35-36)28(30,31)32)19-10-16(14-37-9-3-4-24(37)33)11-20(12-19)27(38)34-25(17-5-6-17)18-7-8-22(29)23(13-18)39-2/h7-8,10-13,15,17,25,33H,3-6,9,14H2,1-2H3,(H,34,38). The van der Waals surface area contributed by atoms with Crippen LogP contribution in [0.4, 0.5) is 17.6 Å². The van der Waals surface area contributed by atoms with Gasteiger partial charge in [-0.15, -0.1) is 0 Å². The maximum absolute atomic E-state index is 14.0. The van der Waals surface area contributed by atoms with Crippen LogP contribution in [-0.4, -0.2) is 40.1 Å². The van der Waals surface area contributed by atoms with Gasteiger partial charge in [0.2, 0.25) is 0 Å². The van der Waals surface area contributed by atoms with Crippen molar-refractivity contribution in [1.29, 1.82) is 5.41 Å². The molecule has 1 saturated heterocycles. The number of amidine groups is 1. The maximum Gasteiger partial charge on any atom is 0.435 e. The zero-order valence-corrected chi connectivity index (χ0v) is 21.6. The minimum Gasteiger partial charge on any atom is -0.494 e. The first kappa shape index (κ1) is 26.7. The molecule has 7 nitrogen and oxygen atoms in total. The first-order chi connectivity index (χ1) is 18.5. The van der Waals surface area contributed by atoms with Gasteiger partial charge in [-0.2, -0.15) is 18.3 Å². The number of ether oxygens (including phenoxy) is 1. The van der Waals surface area contributed by atoms with Gasteiger partial charge in [-0.1, -0.05) is 6.07 Å². The average molecular weight is 544 g/mol. The minimum absolute atomic E-state index is 0.0704. The smallest absolute Gasteiger partial charge is 0.435 e. The molecule has 2 N–H and O–H groups in total. The molecule has 1 aromatic heterocycles. The quantitative estimate of drug-likeness (QED) is 0.357. The summed E-state index contributed by atoms with van der Waals surface area (Å²) in [7, 11) is 2.78. The van der Waals surface area contributed by atoms with Crippen LogP contribution in [0.1, 0.15) is 58.9 Å². The molecule has 0 bridgehead atoms. The Morgan fingerprint density at radius 3 is 2.64 bits per heavy atom. The molecule has 1 aliphatic carbocycles. The number of likely N-dealkylation sites (tertiary alicyclic amines) is 1. The number of aromatic nitrogens is 2. The lowest BCUT2D eigenvalue weighted by Gasteiger charge is -2.21. The predicted octanol–water partition coefficient (Wildman–Crippen LogP) is 5.71. The van der Waals surface area contributed by atoms with Crippen LogP contribution in [0.15, 0.2) is 42.6 Å². The van der Waals surface area contributed by atoms with E-state index in [1.165, 1.54) is 32.5 Å². The van der Waals surface area contributed by atoms with Crippen LogP contribution in [-0.2, 0) is 19.8 Å². The fourth-order valence-corrected chi connectivity index (χ4v) is 5.10. The van der Waals surface area contributed by atoms with Crippen molar-refractivity contribution in [3.05, 3.63) is 70.8 Å². The van der Waals surface area contributed by atoms with Crippen LogP contribution >= 0.6 is 0 Å². The van der Waals surface area contributed by atoms with E-state index in [2.05, 4.69) is 10.4 Å². The highest BCUT2D eigenvalue weighted by atomic mass is 19.4. The molecule has 2 heterocycles. The Hall–Kier alpha value is -3.89. The van der Waals surface area contributed by atoms with E-state index in [1.54, 1.807) is 24.3 Å². The Labute approximate surface area is 223 Å². The van der Waals surface area contributed by atoms with Crippen LogP contribution < -0.4 is 10.1 Å². The monoisotopic (exact) mass is 543 g/mol. The van der Waals surface area contributed by atoms with Crippen molar-refractivity contribution < 1.29 is 27.1 Å². The molecular weight excluding hydrogens is 514 g/mol. The van der Waals surface area contributed by atoms with Gasteiger partial charge in [0.25, 0.3) is 5.91 Å². The summed E-state index contributed by atoms with van der Waals surface area (Å²) in [5.74, 6) is -0.271. The van der Waals surface area contributed by atoms with E-state index in [0.717, 1.165) is 23.9 Å². The molecule has 5 rings (SSSR count). The third-order valence-corrected chi connectivity index (χ3v) is 7.17. The highest BCUT2D eigenvalue weighted by Crippen LogP contribution is 2.42. The minimum atomic E-state index is -4.68. The number of aryl methyl sites for hydroxylation is 1. The third-order valence-electron chi connectivity index (χ3n) is 7.17. The molecule has 1 amide bonds. The van der Waals surface area contributed by atoms with Gasteiger partial charge in [0.15, 0.2) is 17.3 Å². The summed E-state index contributed by atoms with van der Waals surface area (Å²) < 4.78 is 61.6. The summed E-state index contributed by atoms with van der Waals surface area (Å²) in [4.78, 5) is 15.4. The third kappa shape index (κ3) is 5.76. The highest BCUT2D eigenvalue weighted by Gasteiger charge is 2.38. The summed E-state index contributed by atoms with van der Waals surface area (Å²) in [6, 6.07) is 8.77. The fourth-order valence-electron chi connectivity index (χ4n) is 5.10. The number of alkyl halides is 3. The number of halogens is 4. The zero-order valence-electron chi connectivity index (χ0n) is 21.6. The molecule has 11 heteroatoms. The van der Waals surface area contributed by atoms with Crippen molar-refractivity contribution in [1.82, 2.24) is 20.0 Å². The van der Waals surface area contributed by atoms with Gasteiger partial charge >= 0.3 is 6.18 Å². The van der Waals surface area contributed by atoms with Crippen molar-refractivity contribution >= 4 is 11.7 Å². The summed E-state index contributed by atoms with van der Waals surface area (Å²) in [6.07, 6.45) is -0.145. The molecule has 0 radical (unpaired) electrons. The van der Waals surface area contributed by atoms with E-state index in [9.17, 15) is 22.4 Å². The molecule has 206 valence electrons. The van der Waals surface area contributed by atoms with Crippen LogP contribution in [0.3, 0.4) is 0 Å². The normalized spacial score (nSPS) is 16.5. The van der Waals surface area contributed by atoms with E-state index in [1.807, 2.05) is 4.90 Å². The lowest BCUT2D eigenvalue weighted by molar-refractivity contribution is -0.140. The van der Waals surface area contributed by atoms with Crippen molar-refractivity contribution in [3.8, 4) is 16.9 Å². The molecule has 1 saturated carbocycles. The largest absolute Gasteiger partial charge is 0.494 e. The van der Waals surface area contributed by atoms with Crippen molar-refractivity contribution in [3.63, 3.8) is 0 Å². The van der Waals surface area contributed by atoms with Crippen LogP contribution in [0.5, 0.6) is 5.75 Å². The Bertz CT molecular complexity index is 1410. The second-order valence-corrected chi connectivity index (χ2v) is 10.1. The second-order valence-electron chi connectivity index (χ2n) is 10.1. The summed E-state index contributed by atoms with van der Waals surface area (Å²) in [5, 5.41) is 14.8. The number of nitrogens with one attached hydrogen (secondary N) is 2. The van der Waals surface area contributed by atoms with E-state index in [0.29, 0.717) is 36.5 Å². The molecule has 39 heavy (non-hydrogen) atoms. The van der Waals surface area contributed by atoms with Crippen LogP contribution in [0.2, 0.25) is 0 Å². The van der Waals surface area contributed by atoms with Gasteiger partial charge < -0.3 is 15.0 Å². The lowest BCUT2D eigenvalue weighted by Crippen LogP contribution is -2.30. The molecule has 2 aliphatic rings. The number of hydrogen-bond acceptors (Lipinski definition) is 4. The van der Waals surface area contributed by atoms with Crippen molar-refractivity contribution in [2.45, 2.75) is 44.4 Å². The van der Waals surface area contributed by atoms with Crippen molar-refractivity contribution in [2.75, 3.05) is 13.7 Å². The SMILES string of the molecule is COc1cc(C(NC(=O)c2cc(CN3CCCC3=N)cc(-c3cn(C)nc3C(F)(F)F)c2)C2CC2)ccc1F. The molecule has 2 fully saturated rings. The van der Waals surface area contributed by atoms with E-state index >= 15 is 0 Å². The number of carbonyl (C=O) groups is 1. The number of benzene rings is 2. The Morgan fingerprint density at radius 2 is 2.00 bits per heavy atom. The van der Waals surface area contributed by atoms with Gasteiger partial charge in [0, 0.05) is 43.9 Å². The van der Waals surface area contributed by atoms with Gasteiger partial charge in [0.1, 0.15) is 0 Å². The zero-order chi connectivity index (χ0) is 27.9. The van der Waals surface area contributed by atoms with Crippen LogP contribution in [0, 0.1) is 17.1 Å². The van der Waals surface area contributed by atoms with Gasteiger partial charge in [-0.05, 0) is 72.2 Å². The average Bonchev–Trinajstić information content (AvgIpc) is 3.53. The Kier molecular flexibility index (Phi) is 7.09. The molecule has 0 spiro atoms. The molecule has 2 aromatic carbocycles. The summed E-state index contributed by atoms with van der Waals surface area (Å²) in [5.41, 5.74) is 0.571. The molecule has 1 aliphatic heterocycles. The second kappa shape index (κ2) is 10.3. The van der Waals surface area contributed by atoms with E-state index in [-0.39, 0.29) is 28.4 Å². The molecule has 3 aromatic rings. The van der Waals surface area contributed by atoms with Gasteiger partial charge in [-0.25, -0.2) is 4.39 Å². The van der Waals surface area contributed by atoms with Crippen LogP contribution in [0.25, 0.3) is 11.1 Å². The highest BCUT2D eigenvalue weighted by molar-refractivity contribution is 5.96. The summed E-state index contributed by atoms with van der Waals surface area (Å²) in [6.45, 7) is 0.969. The van der Waals surface area contributed by atoms with Gasteiger partial charge in [-0.3, -0.25) is 14.9 Å². The molecule has 1 unspecified atom stereocenters. The number of methoxy groups -OCH3 is 1. The predicted molar refractivity (Wildman–Crippen MR) is 137 cm³/mol. The number of amides is 1. The number of rotatable bonds is 8. The lowest BCUT2D eigenvalue weighted by atomic mass is 9.97. The molecule has 1 atom stereocenters. The number of nitrogens with zero attached hydrogens (tertiary/aromatic N) is 3.